The van der Waals surface area contributed by atoms with Crippen molar-refractivity contribution in [1.29, 1.82) is 0 Å². The lowest BCUT2D eigenvalue weighted by Crippen LogP contribution is -2.27. The van der Waals surface area contributed by atoms with Crippen molar-refractivity contribution in [1.82, 2.24) is 5.32 Å². The minimum absolute atomic E-state index is 0.0868. The average molecular weight is 374 g/mol. The summed E-state index contributed by atoms with van der Waals surface area (Å²) in [6.07, 6.45) is 1.89. The molecule has 0 unspecified atom stereocenters. The van der Waals surface area contributed by atoms with E-state index in [1.54, 1.807) is 0 Å². The predicted molar refractivity (Wildman–Crippen MR) is 113 cm³/mol. The molecule has 0 fully saturated rings. The summed E-state index contributed by atoms with van der Waals surface area (Å²) >= 11 is 0. The van der Waals surface area contributed by atoms with Gasteiger partial charge in [-0.25, -0.2) is 0 Å². The van der Waals surface area contributed by atoms with Gasteiger partial charge >= 0.3 is 0 Å². The molecule has 2 N–H and O–H groups in total. The summed E-state index contributed by atoms with van der Waals surface area (Å²) in [6.45, 7) is 1.51. The number of hydrogen-bond donors (Lipinski definition) is 2. The van der Waals surface area contributed by atoms with Crippen LogP contribution in [0.25, 0.3) is 0 Å². The quantitative estimate of drug-likeness (QED) is 0.516. The molecule has 0 saturated heterocycles. The fraction of sp³-hybridized carbons (Fsp3) is 0.208. The first-order valence-corrected chi connectivity index (χ1v) is 9.61. The van der Waals surface area contributed by atoms with Crippen molar-refractivity contribution in [3.8, 4) is 5.75 Å². The molecule has 3 rings (SSSR count). The molecule has 0 bridgehead atoms. The van der Waals surface area contributed by atoms with E-state index in [1.807, 2.05) is 72.8 Å². The normalized spacial score (nSPS) is 10.4. The standard InChI is InChI=1S/C24H26N2O2/c27-24(19-25-18-21-12-5-2-6-13-21)26-22-15-7-8-16-23(22)28-17-9-14-20-10-3-1-4-11-20/h1-8,10-13,15-16,25H,9,14,17-19H2,(H,26,27). The van der Waals surface area contributed by atoms with Crippen LogP contribution in [0.1, 0.15) is 17.5 Å². The fourth-order valence-corrected chi connectivity index (χ4v) is 2.91. The Kier molecular flexibility index (Phi) is 7.65. The molecule has 0 aliphatic carbocycles. The van der Waals surface area contributed by atoms with Crippen LogP contribution in [0.3, 0.4) is 0 Å². The van der Waals surface area contributed by atoms with Crippen LogP contribution in [-0.4, -0.2) is 19.1 Å². The molecule has 4 nitrogen and oxygen atoms in total. The number of carbonyl (C=O) groups is 1. The zero-order chi connectivity index (χ0) is 19.4. The molecule has 1 amide bonds. The van der Waals surface area contributed by atoms with E-state index in [0.717, 1.165) is 18.4 Å². The Bertz CT molecular complexity index is 851. The SMILES string of the molecule is O=C(CNCc1ccccc1)Nc1ccccc1OCCCc1ccccc1. The maximum Gasteiger partial charge on any atom is 0.238 e. The number of aryl methyl sites for hydroxylation is 1. The maximum absolute atomic E-state index is 12.2. The summed E-state index contributed by atoms with van der Waals surface area (Å²) in [5, 5.41) is 6.09. The highest BCUT2D eigenvalue weighted by atomic mass is 16.5. The molecular formula is C24H26N2O2. The maximum atomic E-state index is 12.2. The second-order valence-corrected chi connectivity index (χ2v) is 6.57. The van der Waals surface area contributed by atoms with Crippen molar-refractivity contribution < 1.29 is 9.53 Å². The lowest BCUT2D eigenvalue weighted by atomic mass is 10.1. The largest absolute Gasteiger partial charge is 0.491 e. The Hall–Kier alpha value is -3.11. The highest BCUT2D eigenvalue weighted by Crippen LogP contribution is 2.23. The van der Waals surface area contributed by atoms with Gasteiger partial charge in [-0.2, -0.15) is 0 Å². The van der Waals surface area contributed by atoms with E-state index in [-0.39, 0.29) is 12.5 Å². The molecule has 0 atom stereocenters. The van der Waals surface area contributed by atoms with Crippen LogP contribution < -0.4 is 15.4 Å². The van der Waals surface area contributed by atoms with Crippen LogP contribution in [0.4, 0.5) is 5.69 Å². The molecule has 0 aliphatic heterocycles. The van der Waals surface area contributed by atoms with E-state index in [4.69, 9.17) is 4.74 Å². The van der Waals surface area contributed by atoms with Gasteiger partial charge in [0, 0.05) is 6.54 Å². The first-order valence-electron chi connectivity index (χ1n) is 9.61. The van der Waals surface area contributed by atoms with Crippen LogP contribution in [0.5, 0.6) is 5.75 Å². The van der Waals surface area contributed by atoms with Crippen molar-refractivity contribution in [2.75, 3.05) is 18.5 Å². The van der Waals surface area contributed by atoms with E-state index in [1.165, 1.54) is 5.56 Å². The number of anilines is 1. The molecule has 0 aliphatic rings. The predicted octanol–water partition coefficient (Wildman–Crippen LogP) is 4.43. The Balaban J connectivity index is 1.43. The summed E-state index contributed by atoms with van der Waals surface area (Å²) in [5.41, 5.74) is 3.16. The number of para-hydroxylation sites is 2. The minimum atomic E-state index is -0.0868. The number of ether oxygens (including phenoxy) is 1. The van der Waals surface area contributed by atoms with E-state index in [9.17, 15) is 4.79 Å². The molecule has 3 aromatic carbocycles. The second-order valence-electron chi connectivity index (χ2n) is 6.57. The Morgan fingerprint density at radius 3 is 2.18 bits per heavy atom. The number of nitrogens with one attached hydrogen (secondary N) is 2. The van der Waals surface area contributed by atoms with E-state index in [2.05, 4.69) is 22.8 Å². The van der Waals surface area contributed by atoms with Crippen molar-refractivity contribution in [3.05, 3.63) is 96.1 Å². The van der Waals surface area contributed by atoms with Crippen molar-refractivity contribution >= 4 is 11.6 Å². The second kappa shape index (κ2) is 10.9. The molecule has 0 saturated carbocycles. The first kappa shape index (κ1) is 19.6. The third-order valence-electron chi connectivity index (χ3n) is 4.33. The third kappa shape index (κ3) is 6.56. The monoisotopic (exact) mass is 374 g/mol. The molecule has 0 radical (unpaired) electrons. The van der Waals surface area contributed by atoms with Crippen molar-refractivity contribution in [2.45, 2.75) is 19.4 Å². The fourth-order valence-electron chi connectivity index (χ4n) is 2.91. The molecular weight excluding hydrogens is 348 g/mol. The first-order chi connectivity index (χ1) is 13.8. The summed E-state index contributed by atoms with van der Waals surface area (Å²) in [6, 6.07) is 27.9. The van der Waals surface area contributed by atoms with Gasteiger partial charge in [0.05, 0.1) is 18.8 Å². The summed E-state index contributed by atoms with van der Waals surface area (Å²) in [5.74, 6) is 0.614. The van der Waals surface area contributed by atoms with Crippen LogP contribution in [-0.2, 0) is 17.8 Å². The van der Waals surface area contributed by atoms with Crippen LogP contribution in [0.15, 0.2) is 84.9 Å². The van der Waals surface area contributed by atoms with Gasteiger partial charge in [-0.15, -0.1) is 0 Å². The van der Waals surface area contributed by atoms with Gasteiger partial charge in [0.2, 0.25) is 5.91 Å². The van der Waals surface area contributed by atoms with Gasteiger partial charge < -0.3 is 15.4 Å². The molecule has 3 aromatic rings. The van der Waals surface area contributed by atoms with Gasteiger partial charge in [-0.1, -0.05) is 72.8 Å². The van der Waals surface area contributed by atoms with Crippen molar-refractivity contribution in [2.24, 2.45) is 0 Å². The van der Waals surface area contributed by atoms with Gasteiger partial charge in [0.15, 0.2) is 0 Å². The van der Waals surface area contributed by atoms with E-state index in [0.29, 0.717) is 24.6 Å². The molecule has 144 valence electrons. The summed E-state index contributed by atoms with van der Waals surface area (Å²) in [7, 11) is 0. The molecule has 0 spiro atoms. The summed E-state index contributed by atoms with van der Waals surface area (Å²) in [4.78, 5) is 12.2. The number of carbonyl (C=O) groups excluding carboxylic acids is 1. The van der Waals surface area contributed by atoms with Crippen LogP contribution in [0, 0.1) is 0 Å². The zero-order valence-electron chi connectivity index (χ0n) is 15.9. The van der Waals surface area contributed by atoms with E-state index >= 15 is 0 Å². The number of amides is 1. The molecule has 0 heterocycles. The van der Waals surface area contributed by atoms with E-state index < -0.39 is 0 Å². The molecule has 4 heteroatoms. The highest BCUT2D eigenvalue weighted by molar-refractivity contribution is 5.93. The van der Waals surface area contributed by atoms with Crippen LogP contribution >= 0.6 is 0 Å². The molecule has 0 aromatic heterocycles. The number of hydrogen-bond acceptors (Lipinski definition) is 3. The Morgan fingerprint density at radius 1 is 0.786 bits per heavy atom. The minimum Gasteiger partial charge on any atom is -0.491 e. The smallest absolute Gasteiger partial charge is 0.238 e. The Morgan fingerprint density at radius 2 is 1.43 bits per heavy atom. The number of benzene rings is 3. The lowest BCUT2D eigenvalue weighted by molar-refractivity contribution is -0.115. The van der Waals surface area contributed by atoms with Gasteiger partial charge in [0.25, 0.3) is 0 Å². The van der Waals surface area contributed by atoms with Gasteiger partial charge in [-0.3, -0.25) is 4.79 Å². The van der Waals surface area contributed by atoms with Gasteiger partial charge in [-0.05, 0) is 36.1 Å². The Labute approximate surface area is 166 Å². The average Bonchev–Trinajstić information content (AvgIpc) is 2.74. The zero-order valence-corrected chi connectivity index (χ0v) is 15.9. The van der Waals surface area contributed by atoms with Gasteiger partial charge in [0.1, 0.15) is 5.75 Å². The topological polar surface area (TPSA) is 50.4 Å². The van der Waals surface area contributed by atoms with Crippen LogP contribution in [0.2, 0.25) is 0 Å². The third-order valence-corrected chi connectivity index (χ3v) is 4.33. The van der Waals surface area contributed by atoms with Crippen molar-refractivity contribution in [3.63, 3.8) is 0 Å². The summed E-state index contributed by atoms with van der Waals surface area (Å²) < 4.78 is 5.90. The molecule has 28 heavy (non-hydrogen) atoms. The lowest BCUT2D eigenvalue weighted by Gasteiger charge is -2.13. The number of rotatable bonds is 10. The highest BCUT2D eigenvalue weighted by Gasteiger charge is 2.07.